The van der Waals surface area contributed by atoms with Gasteiger partial charge in [-0.2, -0.15) is 8.78 Å². The summed E-state index contributed by atoms with van der Waals surface area (Å²) in [7, 11) is 0. The van der Waals surface area contributed by atoms with E-state index in [9.17, 15) is 18.0 Å². The fourth-order valence-corrected chi connectivity index (χ4v) is 1.53. The standard InChI is InChI=1S/C11H7F3N2O/c12-7-8(13)10(14)16(9(7)11(15)17)6-4-2-1-3-5-6/h1-5H,(H2,15,17). The Balaban J connectivity index is 2.78. The van der Waals surface area contributed by atoms with Gasteiger partial charge in [0.1, 0.15) is 0 Å². The van der Waals surface area contributed by atoms with E-state index in [1.54, 1.807) is 6.07 Å². The molecule has 2 N–H and O–H groups in total. The maximum atomic E-state index is 13.5. The zero-order valence-electron chi connectivity index (χ0n) is 8.45. The van der Waals surface area contributed by atoms with Crippen LogP contribution in [0.15, 0.2) is 30.3 Å². The minimum atomic E-state index is -1.72. The van der Waals surface area contributed by atoms with Crippen molar-refractivity contribution in [2.24, 2.45) is 5.73 Å². The third-order valence-corrected chi connectivity index (χ3v) is 2.25. The minimum Gasteiger partial charge on any atom is -0.364 e. The number of benzene rings is 1. The van der Waals surface area contributed by atoms with Gasteiger partial charge >= 0.3 is 0 Å². The lowest BCUT2D eigenvalue weighted by Gasteiger charge is -2.06. The van der Waals surface area contributed by atoms with Gasteiger partial charge in [-0.25, -0.2) is 4.39 Å². The molecule has 0 saturated carbocycles. The molecule has 0 atom stereocenters. The van der Waals surface area contributed by atoms with Crippen LogP contribution in [-0.2, 0) is 0 Å². The Kier molecular flexibility index (Phi) is 2.63. The van der Waals surface area contributed by atoms with Crippen LogP contribution in [0.1, 0.15) is 10.5 Å². The van der Waals surface area contributed by atoms with Crippen LogP contribution < -0.4 is 5.73 Å². The molecule has 17 heavy (non-hydrogen) atoms. The molecule has 0 aliphatic carbocycles. The molecule has 0 aliphatic heterocycles. The number of amides is 1. The molecule has 0 aliphatic rings. The number of nitrogens with two attached hydrogens (primary N) is 1. The van der Waals surface area contributed by atoms with E-state index in [4.69, 9.17) is 5.73 Å². The summed E-state index contributed by atoms with van der Waals surface area (Å²) in [6.07, 6.45) is 0. The summed E-state index contributed by atoms with van der Waals surface area (Å²) in [6.45, 7) is 0. The van der Waals surface area contributed by atoms with Gasteiger partial charge in [0.2, 0.25) is 11.8 Å². The van der Waals surface area contributed by atoms with E-state index in [0.29, 0.717) is 4.57 Å². The highest BCUT2D eigenvalue weighted by atomic mass is 19.2. The van der Waals surface area contributed by atoms with Gasteiger partial charge in [0.05, 0.1) is 0 Å². The van der Waals surface area contributed by atoms with Crippen molar-refractivity contribution in [3.8, 4) is 5.69 Å². The summed E-state index contributed by atoms with van der Waals surface area (Å²) in [4.78, 5) is 11.0. The minimum absolute atomic E-state index is 0.113. The van der Waals surface area contributed by atoms with Gasteiger partial charge in [0.25, 0.3) is 5.91 Å². The first kappa shape index (κ1) is 11.3. The number of carbonyl (C=O) groups is 1. The first-order valence-corrected chi connectivity index (χ1v) is 4.64. The summed E-state index contributed by atoms with van der Waals surface area (Å²) < 4.78 is 40.3. The Labute approximate surface area is 94.3 Å². The lowest BCUT2D eigenvalue weighted by molar-refractivity contribution is 0.0988. The average molecular weight is 240 g/mol. The Hall–Kier alpha value is -2.24. The molecular weight excluding hydrogens is 233 g/mol. The number of carbonyl (C=O) groups excluding carboxylic acids is 1. The fourth-order valence-electron chi connectivity index (χ4n) is 1.53. The second-order valence-electron chi connectivity index (χ2n) is 3.30. The summed E-state index contributed by atoms with van der Waals surface area (Å²) in [6, 6.07) is 7.51. The summed E-state index contributed by atoms with van der Waals surface area (Å²) in [5.74, 6) is -6.03. The molecule has 3 nitrogen and oxygen atoms in total. The largest absolute Gasteiger partial charge is 0.364 e. The van der Waals surface area contributed by atoms with Crippen molar-refractivity contribution in [3.05, 3.63) is 53.6 Å². The fraction of sp³-hybridized carbons (Fsp3) is 0. The smallest absolute Gasteiger partial charge is 0.268 e. The molecule has 0 bridgehead atoms. The van der Waals surface area contributed by atoms with Crippen molar-refractivity contribution in [1.29, 1.82) is 0 Å². The van der Waals surface area contributed by atoms with Crippen LogP contribution in [0.4, 0.5) is 13.2 Å². The van der Waals surface area contributed by atoms with Crippen LogP contribution in [0.2, 0.25) is 0 Å². The van der Waals surface area contributed by atoms with E-state index in [1.807, 2.05) is 0 Å². The van der Waals surface area contributed by atoms with Gasteiger partial charge in [-0.3, -0.25) is 9.36 Å². The van der Waals surface area contributed by atoms with Crippen molar-refractivity contribution in [2.75, 3.05) is 0 Å². The molecule has 2 aromatic rings. The van der Waals surface area contributed by atoms with Crippen LogP contribution in [-0.4, -0.2) is 10.5 Å². The molecule has 1 amide bonds. The van der Waals surface area contributed by atoms with E-state index >= 15 is 0 Å². The van der Waals surface area contributed by atoms with E-state index in [2.05, 4.69) is 0 Å². The highest BCUT2D eigenvalue weighted by molar-refractivity contribution is 5.92. The molecule has 1 heterocycles. The third kappa shape index (κ3) is 1.67. The normalized spacial score (nSPS) is 10.5. The zero-order valence-corrected chi connectivity index (χ0v) is 8.45. The molecule has 0 saturated heterocycles. The lowest BCUT2D eigenvalue weighted by atomic mass is 10.3. The van der Waals surface area contributed by atoms with Gasteiger partial charge in [-0.15, -0.1) is 0 Å². The van der Waals surface area contributed by atoms with Gasteiger partial charge in [-0.1, -0.05) is 18.2 Å². The second kappa shape index (κ2) is 3.97. The number of nitrogens with zero attached hydrogens (tertiary/aromatic N) is 1. The Morgan fingerprint density at radius 3 is 2.18 bits per heavy atom. The molecule has 1 aromatic carbocycles. The monoisotopic (exact) mass is 240 g/mol. The first-order chi connectivity index (χ1) is 8.04. The number of hydrogen-bond donors (Lipinski definition) is 1. The zero-order chi connectivity index (χ0) is 12.6. The van der Waals surface area contributed by atoms with Crippen molar-refractivity contribution in [3.63, 3.8) is 0 Å². The number of primary amides is 1. The highest BCUT2D eigenvalue weighted by Crippen LogP contribution is 2.22. The maximum absolute atomic E-state index is 13.5. The van der Waals surface area contributed by atoms with Crippen LogP contribution in [0, 0.1) is 17.6 Å². The Bertz CT molecular complexity index is 578. The summed E-state index contributed by atoms with van der Waals surface area (Å²) in [5.41, 5.74) is 4.17. The lowest BCUT2D eigenvalue weighted by Crippen LogP contribution is -2.18. The Morgan fingerprint density at radius 2 is 1.65 bits per heavy atom. The quantitative estimate of drug-likeness (QED) is 0.857. The number of para-hydroxylation sites is 1. The van der Waals surface area contributed by atoms with Gasteiger partial charge in [0.15, 0.2) is 11.5 Å². The molecule has 0 spiro atoms. The number of aromatic nitrogens is 1. The number of hydrogen-bond acceptors (Lipinski definition) is 1. The third-order valence-electron chi connectivity index (χ3n) is 2.25. The Morgan fingerprint density at radius 1 is 1.06 bits per heavy atom. The SMILES string of the molecule is NC(=O)c1c(F)c(F)c(F)n1-c1ccccc1. The van der Waals surface area contributed by atoms with Gasteiger partial charge in [-0.05, 0) is 12.1 Å². The number of rotatable bonds is 2. The molecule has 88 valence electrons. The maximum Gasteiger partial charge on any atom is 0.268 e. The van der Waals surface area contributed by atoms with E-state index in [0.717, 1.165) is 0 Å². The van der Waals surface area contributed by atoms with Crippen molar-refractivity contribution in [2.45, 2.75) is 0 Å². The van der Waals surface area contributed by atoms with Crippen LogP contribution in [0.5, 0.6) is 0 Å². The van der Waals surface area contributed by atoms with Gasteiger partial charge < -0.3 is 5.73 Å². The van der Waals surface area contributed by atoms with Crippen molar-refractivity contribution in [1.82, 2.24) is 4.57 Å². The average Bonchev–Trinajstić information content (AvgIpc) is 2.55. The van der Waals surface area contributed by atoms with E-state index < -0.39 is 29.2 Å². The molecular formula is C11H7F3N2O. The van der Waals surface area contributed by atoms with Crippen LogP contribution in [0.25, 0.3) is 5.69 Å². The predicted octanol–water partition coefficient (Wildman–Crippen LogP) is 1.99. The van der Waals surface area contributed by atoms with Crippen molar-refractivity contribution < 1.29 is 18.0 Å². The summed E-state index contributed by atoms with van der Waals surface area (Å²) >= 11 is 0. The van der Waals surface area contributed by atoms with Crippen molar-refractivity contribution >= 4 is 5.91 Å². The van der Waals surface area contributed by atoms with E-state index in [1.165, 1.54) is 24.3 Å². The van der Waals surface area contributed by atoms with Crippen LogP contribution >= 0.6 is 0 Å². The molecule has 0 fully saturated rings. The predicted molar refractivity (Wildman–Crippen MR) is 54.2 cm³/mol. The second-order valence-corrected chi connectivity index (χ2v) is 3.30. The van der Waals surface area contributed by atoms with Gasteiger partial charge in [0, 0.05) is 5.69 Å². The molecule has 0 unspecified atom stereocenters. The summed E-state index contributed by atoms with van der Waals surface area (Å²) in [5, 5.41) is 0. The first-order valence-electron chi connectivity index (χ1n) is 4.64. The van der Waals surface area contributed by atoms with Crippen LogP contribution in [0.3, 0.4) is 0 Å². The van der Waals surface area contributed by atoms with E-state index in [-0.39, 0.29) is 5.69 Å². The number of halogens is 3. The molecule has 1 aromatic heterocycles. The topological polar surface area (TPSA) is 48.0 Å². The molecule has 6 heteroatoms. The highest BCUT2D eigenvalue weighted by Gasteiger charge is 2.27. The molecule has 0 radical (unpaired) electrons. The molecule has 2 rings (SSSR count).